The highest BCUT2D eigenvalue weighted by Crippen LogP contribution is 2.25. The third kappa shape index (κ3) is 5.62. The van der Waals surface area contributed by atoms with Crippen LogP contribution in [0.3, 0.4) is 0 Å². The fourth-order valence-corrected chi connectivity index (χ4v) is 3.87. The van der Waals surface area contributed by atoms with Crippen molar-refractivity contribution in [3.63, 3.8) is 0 Å². The molecule has 1 aromatic heterocycles. The molecule has 0 unspecified atom stereocenters. The minimum Gasteiger partial charge on any atom is -0.456 e. The smallest absolute Gasteiger partial charge is 0.338 e. The van der Waals surface area contributed by atoms with Crippen LogP contribution in [-0.2, 0) is 22.5 Å². The number of carbonyl (C=O) groups is 2. The minimum atomic E-state index is -0.547. The number of aromatic nitrogens is 1. The first kappa shape index (κ1) is 20.5. The van der Waals surface area contributed by atoms with E-state index >= 15 is 0 Å². The quantitative estimate of drug-likeness (QED) is 0.551. The molecule has 0 bridgehead atoms. The van der Waals surface area contributed by atoms with Crippen molar-refractivity contribution >= 4 is 49.4 Å². The molecule has 28 heavy (non-hydrogen) atoms. The van der Waals surface area contributed by atoms with Crippen LogP contribution in [-0.4, -0.2) is 22.5 Å². The number of benzene rings is 2. The van der Waals surface area contributed by atoms with E-state index in [1.165, 1.54) is 11.3 Å². The topological polar surface area (TPSA) is 68.3 Å². The van der Waals surface area contributed by atoms with Crippen molar-refractivity contribution in [2.75, 3.05) is 0 Å². The number of nitrogens with one attached hydrogen (secondary N) is 1. The average molecular weight is 461 g/mol. The summed E-state index contributed by atoms with van der Waals surface area (Å²) < 4.78 is 7.40. The number of rotatable bonds is 5. The van der Waals surface area contributed by atoms with Crippen LogP contribution in [0.4, 0.5) is 0 Å². The summed E-state index contributed by atoms with van der Waals surface area (Å²) in [4.78, 5) is 29.0. The van der Waals surface area contributed by atoms with E-state index in [9.17, 15) is 9.59 Å². The number of nitrogens with zero attached hydrogens (tertiary/aromatic N) is 1. The fraction of sp³-hybridized carbons (Fsp3) is 0.286. The lowest BCUT2D eigenvalue weighted by Crippen LogP contribution is -2.25. The molecule has 0 saturated carbocycles. The highest BCUT2D eigenvalue weighted by molar-refractivity contribution is 9.10. The van der Waals surface area contributed by atoms with Crippen LogP contribution < -0.4 is 5.32 Å². The Morgan fingerprint density at radius 3 is 2.71 bits per heavy atom. The van der Waals surface area contributed by atoms with Gasteiger partial charge in [0.05, 0.1) is 22.2 Å². The molecule has 0 spiro atoms. The Kier molecular flexibility index (Phi) is 6.15. The van der Waals surface area contributed by atoms with E-state index in [2.05, 4.69) is 26.2 Å². The van der Waals surface area contributed by atoms with Crippen molar-refractivity contribution in [3.05, 3.63) is 63.1 Å². The van der Waals surface area contributed by atoms with Crippen LogP contribution in [0.1, 0.15) is 41.7 Å². The summed E-state index contributed by atoms with van der Waals surface area (Å²) in [6.07, 6.45) is 0.225. The number of carbonyl (C=O) groups excluding carboxylic acids is 2. The first-order valence-electron chi connectivity index (χ1n) is 8.83. The van der Waals surface area contributed by atoms with E-state index in [1.54, 1.807) is 18.2 Å². The largest absolute Gasteiger partial charge is 0.456 e. The second-order valence-corrected chi connectivity index (χ2v) is 9.41. The molecule has 0 radical (unpaired) electrons. The molecule has 146 valence electrons. The Morgan fingerprint density at radius 1 is 1.18 bits per heavy atom. The Bertz CT molecular complexity index is 1020. The van der Waals surface area contributed by atoms with Gasteiger partial charge in [0.2, 0.25) is 5.91 Å². The maximum atomic E-state index is 12.3. The first-order chi connectivity index (χ1) is 13.2. The van der Waals surface area contributed by atoms with Gasteiger partial charge in [-0.15, -0.1) is 11.3 Å². The Labute approximate surface area is 176 Å². The third-order valence-corrected chi connectivity index (χ3v) is 5.29. The lowest BCUT2D eigenvalue weighted by atomic mass is 10.1. The maximum Gasteiger partial charge on any atom is 0.338 e. The number of ether oxygens (including phenoxy) is 1. The molecule has 0 atom stereocenters. The summed E-state index contributed by atoms with van der Waals surface area (Å²) in [5.41, 5.74) is 1.64. The summed E-state index contributed by atoms with van der Waals surface area (Å²) in [6.45, 7) is 5.83. The van der Waals surface area contributed by atoms with Gasteiger partial charge in [0.1, 0.15) is 10.6 Å². The molecular weight excluding hydrogens is 440 g/mol. The van der Waals surface area contributed by atoms with Crippen molar-refractivity contribution < 1.29 is 14.3 Å². The molecule has 0 aliphatic carbocycles. The normalized spacial score (nSPS) is 11.4. The molecular formula is C21H21BrN2O3S. The zero-order valence-electron chi connectivity index (χ0n) is 15.9. The number of hydrogen-bond donors (Lipinski definition) is 1. The number of esters is 1. The van der Waals surface area contributed by atoms with Crippen LogP contribution in [0, 0.1) is 0 Å². The predicted octanol–water partition coefficient (Wildman–Crippen LogP) is 4.87. The van der Waals surface area contributed by atoms with Crippen LogP contribution in [0.25, 0.3) is 10.2 Å². The molecule has 1 heterocycles. The molecule has 0 aliphatic rings. The van der Waals surface area contributed by atoms with Gasteiger partial charge in [-0.3, -0.25) is 4.79 Å². The Hall–Kier alpha value is -2.25. The number of amides is 1. The van der Waals surface area contributed by atoms with E-state index < -0.39 is 5.60 Å². The van der Waals surface area contributed by atoms with Crippen LogP contribution in [0.2, 0.25) is 0 Å². The number of thiazole rings is 1. The maximum absolute atomic E-state index is 12.3. The molecule has 2 aromatic carbocycles. The van der Waals surface area contributed by atoms with Gasteiger partial charge in [-0.25, -0.2) is 9.78 Å². The molecule has 3 aromatic rings. The van der Waals surface area contributed by atoms with Gasteiger partial charge in [-0.1, -0.05) is 28.1 Å². The van der Waals surface area contributed by atoms with Gasteiger partial charge in [-0.05, 0) is 56.7 Å². The summed E-state index contributed by atoms with van der Waals surface area (Å²) >= 11 is 4.94. The van der Waals surface area contributed by atoms with Gasteiger partial charge < -0.3 is 10.1 Å². The van der Waals surface area contributed by atoms with Crippen LogP contribution in [0.5, 0.6) is 0 Å². The van der Waals surface area contributed by atoms with Crippen LogP contribution >= 0.6 is 27.3 Å². The molecule has 0 aliphatic heterocycles. The number of halogens is 1. The van der Waals surface area contributed by atoms with Gasteiger partial charge in [-0.2, -0.15) is 0 Å². The molecule has 5 nitrogen and oxygen atoms in total. The van der Waals surface area contributed by atoms with Crippen LogP contribution in [0.15, 0.2) is 46.9 Å². The van der Waals surface area contributed by atoms with Gasteiger partial charge in [0.15, 0.2) is 0 Å². The molecule has 1 N–H and O–H groups in total. The Morgan fingerprint density at radius 2 is 1.96 bits per heavy atom. The van der Waals surface area contributed by atoms with E-state index in [-0.39, 0.29) is 18.3 Å². The van der Waals surface area contributed by atoms with Gasteiger partial charge in [0, 0.05) is 11.0 Å². The zero-order valence-corrected chi connectivity index (χ0v) is 18.3. The monoisotopic (exact) mass is 460 g/mol. The third-order valence-electron chi connectivity index (χ3n) is 3.76. The van der Waals surface area contributed by atoms with Gasteiger partial charge >= 0.3 is 5.97 Å². The van der Waals surface area contributed by atoms with Gasteiger partial charge in [0.25, 0.3) is 0 Å². The number of fused-ring (bicyclic) bond motifs is 1. The molecule has 0 fully saturated rings. The average Bonchev–Trinajstić information content (AvgIpc) is 3.00. The van der Waals surface area contributed by atoms with E-state index in [1.807, 2.05) is 45.0 Å². The van der Waals surface area contributed by atoms with E-state index in [0.717, 1.165) is 25.3 Å². The van der Waals surface area contributed by atoms with E-state index in [0.29, 0.717) is 12.1 Å². The highest BCUT2D eigenvalue weighted by atomic mass is 79.9. The van der Waals surface area contributed by atoms with Crippen molar-refractivity contribution in [2.24, 2.45) is 0 Å². The second kappa shape index (κ2) is 8.41. The van der Waals surface area contributed by atoms with E-state index in [4.69, 9.17) is 4.74 Å². The molecule has 1 amide bonds. The Balaban J connectivity index is 1.59. The first-order valence-corrected chi connectivity index (χ1v) is 10.4. The van der Waals surface area contributed by atoms with Crippen molar-refractivity contribution in [1.29, 1.82) is 0 Å². The standard InChI is InChI=1S/C21H21BrN2O3S/c1-21(2,3)27-20(26)14-6-4-5-13(9-14)12-23-18(25)11-19-24-16-10-15(22)7-8-17(16)28-19/h4-10H,11-12H2,1-3H3,(H,23,25). The van der Waals surface area contributed by atoms with Crippen molar-refractivity contribution in [2.45, 2.75) is 39.3 Å². The summed E-state index contributed by atoms with van der Waals surface area (Å²) in [5.74, 6) is -0.484. The summed E-state index contributed by atoms with van der Waals surface area (Å²) in [6, 6.07) is 13.0. The fourth-order valence-electron chi connectivity index (χ4n) is 2.57. The lowest BCUT2D eigenvalue weighted by molar-refractivity contribution is -0.120. The van der Waals surface area contributed by atoms with Crippen molar-refractivity contribution in [1.82, 2.24) is 10.3 Å². The lowest BCUT2D eigenvalue weighted by Gasteiger charge is -2.19. The second-order valence-electron chi connectivity index (χ2n) is 7.38. The SMILES string of the molecule is CC(C)(C)OC(=O)c1cccc(CNC(=O)Cc2nc3cc(Br)ccc3s2)c1. The zero-order chi connectivity index (χ0) is 20.3. The molecule has 7 heteroatoms. The molecule has 3 rings (SSSR count). The predicted molar refractivity (Wildman–Crippen MR) is 114 cm³/mol. The van der Waals surface area contributed by atoms with Crippen molar-refractivity contribution in [3.8, 4) is 0 Å². The summed E-state index contributed by atoms with van der Waals surface area (Å²) in [5, 5.41) is 3.66. The number of hydrogen-bond acceptors (Lipinski definition) is 5. The summed E-state index contributed by atoms with van der Waals surface area (Å²) in [7, 11) is 0. The highest BCUT2D eigenvalue weighted by Gasteiger charge is 2.18. The minimum absolute atomic E-state index is 0.110. The molecule has 0 saturated heterocycles.